The molecule has 3 rings (SSSR count). The van der Waals surface area contributed by atoms with Crippen molar-refractivity contribution < 1.29 is 9.59 Å². The molecule has 1 aromatic carbocycles. The second kappa shape index (κ2) is 4.31. The monoisotopic (exact) mass is 256 g/mol. The number of carbonyl (C=O) groups excluding carboxylic acids is 2. The highest BCUT2D eigenvalue weighted by molar-refractivity contribution is 6.01. The SMILES string of the molecule is Nc1ncnc2cc(C3CCC(=O)NC3=O)ccc12. The van der Waals surface area contributed by atoms with Crippen molar-refractivity contribution in [1.29, 1.82) is 0 Å². The number of benzene rings is 1. The van der Waals surface area contributed by atoms with E-state index in [-0.39, 0.29) is 17.7 Å². The summed E-state index contributed by atoms with van der Waals surface area (Å²) in [4.78, 5) is 31.0. The predicted octanol–water partition coefficient (Wildman–Crippen LogP) is 0.732. The van der Waals surface area contributed by atoms with Crippen LogP contribution in [-0.2, 0) is 9.59 Å². The molecule has 0 aliphatic carbocycles. The molecule has 1 unspecified atom stereocenters. The lowest BCUT2D eigenvalue weighted by Gasteiger charge is -2.21. The zero-order valence-electron chi connectivity index (χ0n) is 10.1. The van der Waals surface area contributed by atoms with E-state index in [1.807, 2.05) is 18.2 Å². The molecule has 0 spiro atoms. The molecule has 1 aliphatic heterocycles. The van der Waals surface area contributed by atoms with Gasteiger partial charge in [0.15, 0.2) is 0 Å². The van der Waals surface area contributed by atoms with Crippen LogP contribution in [0.1, 0.15) is 24.3 Å². The third-order valence-electron chi connectivity index (χ3n) is 3.33. The second-order valence-electron chi connectivity index (χ2n) is 4.54. The molecule has 6 nitrogen and oxygen atoms in total. The summed E-state index contributed by atoms with van der Waals surface area (Å²) in [5.41, 5.74) is 7.30. The summed E-state index contributed by atoms with van der Waals surface area (Å²) in [5, 5.41) is 3.11. The fourth-order valence-electron chi connectivity index (χ4n) is 2.32. The molecule has 0 bridgehead atoms. The van der Waals surface area contributed by atoms with Crippen LogP contribution in [0.2, 0.25) is 0 Å². The zero-order valence-corrected chi connectivity index (χ0v) is 10.1. The molecule has 1 aromatic heterocycles. The molecule has 1 aliphatic rings. The number of carbonyl (C=O) groups is 2. The zero-order chi connectivity index (χ0) is 13.4. The average molecular weight is 256 g/mol. The summed E-state index contributed by atoms with van der Waals surface area (Å²) >= 11 is 0. The Labute approximate surface area is 109 Å². The van der Waals surface area contributed by atoms with Crippen LogP contribution in [0.4, 0.5) is 5.82 Å². The first-order valence-corrected chi connectivity index (χ1v) is 5.99. The van der Waals surface area contributed by atoms with E-state index in [0.29, 0.717) is 24.2 Å². The van der Waals surface area contributed by atoms with E-state index in [4.69, 9.17) is 5.73 Å². The molecule has 96 valence electrons. The number of imide groups is 1. The molecule has 19 heavy (non-hydrogen) atoms. The molecule has 1 saturated heterocycles. The van der Waals surface area contributed by atoms with Gasteiger partial charge >= 0.3 is 0 Å². The van der Waals surface area contributed by atoms with E-state index in [2.05, 4.69) is 15.3 Å². The molecule has 2 amide bonds. The fourth-order valence-corrected chi connectivity index (χ4v) is 2.32. The van der Waals surface area contributed by atoms with Crippen molar-refractivity contribution in [3.05, 3.63) is 30.1 Å². The van der Waals surface area contributed by atoms with Crippen LogP contribution < -0.4 is 11.1 Å². The minimum atomic E-state index is -0.307. The van der Waals surface area contributed by atoms with Crippen molar-refractivity contribution >= 4 is 28.5 Å². The number of nitrogens with two attached hydrogens (primary N) is 1. The first kappa shape index (κ1) is 11.6. The molecule has 2 aromatic rings. The van der Waals surface area contributed by atoms with E-state index < -0.39 is 0 Å². The van der Waals surface area contributed by atoms with E-state index >= 15 is 0 Å². The molecular formula is C13H12N4O2. The summed E-state index contributed by atoms with van der Waals surface area (Å²) in [5.74, 6) is -0.357. The largest absolute Gasteiger partial charge is 0.383 e. The van der Waals surface area contributed by atoms with E-state index in [0.717, 1.165) is 10.9 Å². The number of hydrogen-bond donors (Lipinski definition) is 2. The van der Waals surface area contributed by atoms with Crippen LogP contribution in [0.25, 0.3) is 10.9 Å². The van der Waals surface area contributed by atoms with E-state index in [9.17, 15) is 9.59 Å². The number of aromatic nitrogens is 2. The molecule has 3 N–H and O–H groups in total. The van der Waals surface area contributed by atoms with Gasteiger partial charge in [0.25, 0.3) is 0 Å². The van der Waals surface area contributed by atoms with Crippen molar-refractivity contribution in [1.82, 2.24) is 15.3 Å². The minimum absolute atomic E-state index is 0.214. The van der Waals surface area contributed by atoms with Gasteiger partial charge in [0.1, 0.15) is 12.1 Å². The van der Waals surface area contributed by atoms with Gasteiger partial charge in [-0.3, -0.25) is 14.9 Å². The number of nitrogens with zero attached hydrogens (tertiary/aromatic N) is 2. The Morgan fingerprint density at radius 3 is 2.89 bits per heavy atom. The Kier molecular flexibility index (Phi) is 2.63. The van der Waals surface area contributed by atoms with Gasteiger partial charge in [0.05, 0.1) is 11.4 Å². The average Bonchev–Trinajstić information content (AvgIpc) is 2.38. The lowest BCUT2D eigenvalue weighted by atomic mass is 9.90. The standard InChI is InChI=1S/C13H12N4O2/c14-12-9-2-1-7(5-10(9)15-6-16-12)8-3-4-11(18)17-13(8)19/h1-2,5-6,8H,3-4H2,(H2,14,15,16)(H,17,18,19). The highest BCUT2D eigenvalue weighted by atomic mass is 16.2. The van der Waals surface area contributed by atoms with Crippen LogP contribution in [0.5, 0.6) is 0 Å². The van der Waals surface area contributed by atoms with Gasteiger partial charge in [-0.25, -0.2) is 9.97 Å². The van der Waals surface area contributed by atoms with Crippen LogP contribution in [-0.4, -0.2) is 21.8 Å². The normalized spacial score (nSPS) is 19.5. The van der Waals surface area contributed by atoms with Gasteiger partial charge in [-0.05, 0) is 24.1 Å². The number of nitrogens with one attached hydrogen (secondary N) is 1. The lowest BCUT2D eigenvalue weighted by Crippen LogP contribution is -2.39. The highest BCUT2D eigenvalue weighted by Crippen LogP contribution is 2.27. The van der Waals surface area contributed by atoms with Crippen LogP contribution in [0, 0.1) is 0 Å². The maximum absolute atomic E-state index is 11.8. The van der Waals surface area contributed by atoms with E-state index in [1.165, 1.54) is 6.33 Å². The topological polar surface area (TPSA) is 98.0 Å². The van der Waals surface area contributed by atoms with Crippen molar-refractivity contribution in [3.8, 4) is 0 Å². The van der Waals surface area contributed by atoms with Crippen LogP contribution in [0.15, 0.2) is 24.5 Å². The number of anilines is 1. The van der Waals surface area contributed by atoms with Gasteiger partial charge in [0, 0.05) is 11.8 Å². The van der Waals surface area contributed by atoms with Gasteiger partial charge in [-0.15, -0.1) is 0 Å². The molecule has 0 saturated carbocycles. The van der Waals surface area contributed by atoms with Gasteiger partial charge in [-0.2, -0.15) is 0 Å². The van der Waals surface area contributed by atoms with Crippen LogP contribution in [0.3, 0.4) is 0 Å². The summed E-state index contributed by atoms with van der Waals surface area (Å²) < 4.78 is 0. The molecule has 6 heteroatoms. The molecular weight excluding hydrogens is 244 g/mol. The number of fused-ring (bicyclic) bond motifs is 1. The Balaban J connectivity index is 2.02. The van der Waals surface area contributed by atoms with Crippen molar-refractivity contribution in [3.63, 3.8) is 0 Å². The highest BCUT2D eigenvalue weighted by Gasteiger charge is 2.28. The third kappa shape index (κ3) is 2.01. The van der Waals surface area contributed by atoms with Crippen molar-refractivity contribution in [2.45, 2.75) is 18.8 Å². The number of piperidine rings is 1. The maximum Gasteiger partial charge on any atom is 0.234 e. The third-order valence-corrected chi connectivity index (χ3v) is 3.33. The van der Waals surface area contributed by atoms with Crippen LogP contribution >= 0.6 is 0 Å². The summed E-state index contributed by atoms with van der Waals surface area (Å²) in [6.45, 7) is 0. The Bertz CT molecular complexity index is 683. The van der Waals surface area contributed by atoms with Crippen molar-refractivity contribution in [2.24, 2.45) is 0 Å². The maximum atomic E-state index is 11.8. The van der Waals surface area contributed by atoms with Crippen molar-refractivity contribution in [2.75, 3.05) is 5.73 Å². The molecule has 2 heterocycles. The smallest absolute Gasteiger partial charge is 0.234 e. The number of nitrogen functional groups attached to an aromatic ring is 1. The summed E-state index contributed by atoms with van der Waals surface area (Å²) in [6.07, 6.45) is 2.28. The minimum Gasteiger partial charge on any atom is -0.383 e. The fraction of sp³-hybridized carbons (Fsp3) is 0.231. The van der Waals surface area contributed by atoms with Gasteiger partial charge in [0.2, 0.25) is 11.8 Å². The predicted molar refractivity (Wildman–Crippen MR) is 69.1 cm³/mol. The quantitative estimate of drug-likeness (QED) is 0.733. The second-order valence-corrected chi connectivity index (χ2v) is 4.54. The number of amides is 2. The Morgan fingerprint density at radius 1 is 1.26 bits per heavy atom. The summed E-state index contributed by atoms with van der Waals surface area (Å²) in [7, 11) is 0. The molecule has 1 fully saturated rings. The van der Waals surface area contributed by atoms with Gasteiger partial charge in [-0.1, -0.05) is 6.07 Å². The number of hydrogen-bond acceptors (Lipinski definition) is 5. The molecule has 0 radical (unpaired) electrons. The number of rotatable bonds is 1. The first-order valence-electron chi connectivity index (χ1n) is 5.99. The Hall–Kier alpha value is -2.50. The van der Waals surface area contributed by atoms with E-state index in [1.54, 1.807) is 0 Å². The lowest BCUT2D eigenvalue weighted by molar-refractivity contribution is -0.134. The Morgan fingerprint density at radius 2 is 2.11 bits per heavy atom. The summed E-state index contributed by atoms with van der Waals surface area (Å²) in [6, 6.07) is 5.47. The first-order chi connectivity index (χ1) is 9.15. The molecule has 1 atom stereocenters. The van der Waals surface area contributed by atoms with Gasteiger partial charge < -0.3 is 5.73 Å².